The predicted molar refractivity (Wildman–Crippen MR) is 147 cm³/mol. The maximum absolute atomic E-state index is 6.18. The van der Waals surface area contributed by atoms with Gasteiger partial charge in [-0.15, -0.1) is 24.0 Å². The van der Waals surface area contributed by atoms with E-state index < -0.39 is 0 Å². The number of benzene rings is 1. The van der Waals surface area contributed by atoms with E-state index in [-0.39, 0.29) is 30.1 Å². The van der Waals surface area contributed by atoms with Crippen LogP contribution in [0.1, 0.15) is 55.4 Å². The molecule has 2 N–H and O–H groups in total. The number of halogens is 1. The van der Waals surface area contributed by atoms with E-state index in [9.17, 15) is 0 Å². The molecule has 0 aliphatic carbocycles. The highest BCUT2D eigenvalue weighted by Gasteiger charge is 2.27. The van der Waals surface area contributed by atoms with Crippen molar-refractivity contribution in [3.8, 4) is 0 Å². The summed E-state index contributed by atoms with van der Waals surface area (Å²) in [6.45, 7) is 9.59. The lowest BCUT2D eigenvalue weighted by atomic mass is 9.89. The number of pyridine rings is 1. The Morgan fingerprint density at radius 3 is 2.58 bits per heavy atom. The summed E-state index contributed by atoms with van der Waals surface area (Å²) < 4.78 is 6.18. The molecule has 2 atom stereocenters. The first-order chi connectivity index (χ1) is 15.7. The average molecular weight is 564 g/mol. The van der Waals surface area contributed by atoms with Crippen LogP contribution in [0, 0.1) is 12.8 Å². The van der Waals surface area contributed by atoms with Crippen LogP contribution in [0.3, 0.4) is 0 Å². The molecule has 2 aliphatic heterocycles. The van der Waals surface area contributed by atoms with Crippen LogP contribution < -0.4 is 15.5 Å². The number of guanidine groups is 1. The van der Waals surface area contributed by atoms with Crippen LogP contribution in [0.5, 0.6) is 0 Å². The Hall–Kier alpha value is -1.87. The first-order valence-electron chi connectivity index (χ1n) is 12.1. The molecule has 2 fully saturated rings. The number of aliphatic imine (C=N–C) groups is 1. The van der Waals surface area contributed by atoms with Gasteiger partial charge in [-0.05, 0) is 56.7 Å². The number of ether oxygens (including phenoxy) is 1. The average Bonchev–Trinajstić information content (AvgIpc) is 3.37. The summed E-state index contributed by atoms with van der Waals surface area (Å²) in [5.74, 6) is 2.36. The lowest BCUT2D eigenvalue weighted by Crippen LogP contribution is -2.42. The second-order valence-corrected chi connectivity index (χ2v) is 8.90. The van der Waals surface area contributed by atoms with Crippen LogP contribution >= 0.6 is 24.0 Å². The van der Waals surface area contributed by atoms with Gasteiger partial charge in [0.05, 0.1) is 12.6 Å². The highest BCUT2D eigenvalue weighted by molar-refractivity contribution is 14.0. The van der Waals surface area contributed by atoms with Gasteiger partial charge in [-0.1, -0.05) is 35.9 Å². The van der Waals surface area contributed by atoms with E-state index in [1.165, 1.54) is 24.0 Å². The smallest absolute Gasteiger partial charge is 0.191 e. The summed E-state index contributed by atoms with van der Waals surface area (Å²) in [6.07, 6.45) is 6.90. The zero-order valence-electron chi connectivity index (χ0n) is 19.9. The van der Waals surface area contributed by atoms with E-state index in [1.54, 1.807) is 0 Å². The number of hydrogen-bond donors (Lipinski definition) is 2. The number of aryl methyl sites for hydroxylation is 1. The van der Waals surface area contributed by atoms with Crippen molar-refractivity contribution < 1.29 is 4.74 Å². The molecule has 0 spiro atoms. The van der Waals surface area contributed by atoms with Gasteiger partial charge in [0, 0.05) is 44.9 Å². The molecule has 33 heavy (non-hydrogen) atoms. The van der Waals surface area contributed by atoms with Crippen LogP contribution in [-0.2, 0) is 11.3 Å². The molecule has 0 saturated carbocycles. The normalized spacial score (nSPS) is 20.9. The summed E-state index contributed by atoms with van der Waals surface area (Å²) in [5.41, 5.74) is 3.68. The monoisotopic (exact) mass is 563 g/mol. The van der Waals surface area contributed by atoms with Gasteiger partial charge in [0.25, 0.3) is 0 Å². The number of rotatable bonds is 7. The van der Waals surface area contributed by atoms with E-state index in [2.05, 4.69) is 70.8 Å². The second-order valence-electron chi connectivity index (χ2n) is 8.90. The molecule has 4 rings (SSSR count). The lowest BCUT2D eigenvalue weighted by Gasteiger charge is -2.32. The van der Waals surface area contributed by atoms with E-state index in [0.717, 1.165) is 63.0 Å². The molecule has 7 heteroatoms. The lowest BCUT2D eigenvalue weighted by molar-refractivity contribution is -0.0265. The number of aromatic nitrogens is 1. The minimum Gasteiger partial charge on any atom is -0.373 e. The molecule has 2 aromatic rings. The number of nitrogens with zero attached hydrogens (tertiary/aromatic N) is 3. The van der Waals surface area contributed by atoms with Crippen molar-refractivity contribution in [3.63, 3.8) is 0 Å². The van der Waals surface area contributed by atoms with Crippen molar-refractivity contribution in [2.24, 2.45) is 10.9 Å². The third kappa shape index (κ3) is 7.30. The standard InChI is InChI=1S/C26H37N5O.HI/c1-3-27-26(29-18-21-10-13-24(28-17-21)31-14-4-5-15-31)30-19-23-7-6-16-32-25(23)22-11-8-20(2)9-12-22;/h8-13,17,23,25H,3-7,14-16,18-19H2,1-2H3,(H2,27,29,30);1H. The van der Waals surface area contributed by atoms with Crippen LogP contribution in [-0.4, -0.2) is 43.7 Å². The van der Waals surface area contributed by atoms with E-state index >= 15 is 0 Å². The maximum Gasteiger partial charge on any atom is 0.191 e. The van der Waals surface area contributed by atoms with Gasteiger partial charge in [-0.2, -0.15) is 0 Å². The molecule has 2 saturated heterocycles. The topological polar surface area (TPSA) is 61.8 Å². The van der Waals surface area contributed by atoms with E-state index in [0.29, 0.717) is 12.5 Å². The highest BCUT2D eigenvalue weighted by atomic mass is 127. The number of nitrogens with one attached hydrogen (secondary N) is 2. The minimum absolute atomic E-state index is 0. The van der Waals surface area contributed by atoms with Crippen molar-refractivity contribution in [3.05, 3.63) is 59.3 Å². The minimum atomic E-state index is 0. The van der Waals surface area contributed by atoms with Crippen LogP contribution in [0.2, 0.25) is 0 Å². The van der Waals surface area contributed by atoms with Gasteiger partial charge in [-0.3, -0.25) is 0 Å². The fourth-order valence-corrected chi connectivity index (χ4v) is 4.56. The first kappa shape index (κ1) is 25.7. The Morgan fingerprint density at radius 2 is 1.88 bits per heavy atom. The Kier molecular flexibility index (Phi) is 10.2. The SMILES string of the molecule is CCNC(=NCc1ccc(N2CCCC2)nc1)NCC1CCCOC1c1ccc(C)cc1.I. The number of anilines is 1. The van der Waals surface area contributed by atoms with Crippen LogP contribution in [0.25, 0.3) is 0 Å². The van der Waals surface area contributed by atoms with Crippen molar-refractivity contribution in [1.82, 2.24) is 15.6 Å². The van der Waals surface area contributed by atoms with Gasteiger partial charge in [0.1, 0.15) is 5.82 Å². The molecule has 0 bridgehead atoms. The molecular weight excluding hydrogens is 525 g/mol. The zero-order chi connectivity index (χ0) is 22.2. The summed E-state index contributed by atoms with van der Waals surface area (Å²) in [4.78, 5) is 11.8. The molecule has 0 radical (unpaired) electrons. The third-order valence-electron chi connectivity index (χ3n) is 6.39. The van der Waals surface area contributed by atoms with Crippen molar-refractivity contribution >= 4 is 35.8 Å². The molecule has 1 aromatic carbocycles. The zero-order valence-corrected chi connectivity index (χ0v) is 22.3. The molecule has 1 aromatic heterocycles. The van der Waals surface area contributed by atoms with Crippen molar-refractivity contribution in [2.75, 3.05) is 37.7 Å². The van der Waals surface area contributed by atoms with E-state index in [4.69, 9.17) is 9.73 Å². The summed E-state index contributed by atoms with van der Waals surface area (Å²) >= 11 is 0. The largest absolute Gasteiger partial charge is 0.373 e. The van der Waals surface area contributed by atoms with E-state index in [1.807, 2.05) is 6.20 Å². The molecular formula is C26H38IN5O. The fraction of sp³-hybridized carbons (Fsp3) is 0.538. The molecule has 2 unspecified atom stereocenters. The summed E-state index contributed by atoms with van der Waals surface area (Å²) in [6, 6.07) is 13.0. The van der Waals surface area contributed by atoms with Gasteiger partial charge in [-0.25, -0.2) is 9.98 Å². The second kappa shape index (κ2) is 13.1. The van der Waals surface area contributed by atoms with Crippen molar-refractivity contribution in [2.45, 2.75) is 52.2 Å². The molecule has 6 nitrogen and oxygen atoms in total. The highest BCUT2D eigenvalue weighted by Crippen LogP contribution is 2.33. The molecule has 180 valence electrons. The predicted octanol–water partition coefficient (Wildman–Crippen LogP) is 4.83. The molecule has 3 heterocycles. The van der Waals surface area contributed by atoms with Gasteiger partial charge >= 0.3 is 0 Å². The fourth-order valence-electron chi connectivity index (χ4n) is 4.56. The molecule has 0 amide bonds. The van der Waals surface area contributed by atoms with Gasteiger partial charge < -0.3 is 20.3 Å². The first-order valence-corrected chi connectivity index (χ1v) is 12.1. The van der Waals surface area contributed by atoms with Crippen LogP contribution in [0.15, 0.2) is 47.6 Å². The maximum atomic E-state index is 6.18. The molecule has 2 aliphatic rings. The third-order valence-corrected chi connectivity index (χ3v) is 6.39. The van der Waals surface area contributed by atoms with Crippen LogP contribution in [0.4, 0.5) is 5.82 Å². The Balaban J connectivity index is 0.00000306. The Bertz CT molecular complexity index is 865. The van der Waals surface area contributed by atoms with Crippen molar-refractivity contribution in [1.29, 1.82) is 0 Å². The van der Waals surface area contributed by atoms with Gasteiger partial charge in [0.2, 0.25) is 0 Å². The summed E-state index contributed by atoms with van der Waals surface area (Å²) in [7, 11) is 0. The summed E-state index contributed by atoms with van der Waals surface area (Å²) in [5, 5.41) is 6.94. The number of hydrogen-bond acceptors (Lipinski definition) is 4. The Labute approximate surface area is 215 Å². The Morgan fingerprint density at radius 1 is 1.09 bits per heavy atom. The quantitative estimate of drug-likeness (QED) is 0.287. The van der Waals surface area contributed by atoms with Gasteiger partial charge in [0.15, 0.2) is 5.96 Å².